The average Bonchev–Trinajstić information content (AvgIpc) is 3.11. The second-order valence-electron chi connectivity index (χ2n) is 8.69. The van der Waals surface area contributed by atoms with Crippen LogP contribution >= 0.6 is 0 Å². The summed E-state index contributed by atoms with van der Waals surface area (Å²) in [5, 5.41) is 0. The van der Waals surface area contributed by atoms with Gasteiger partial charge in [0.15, 0.2) is 4.90 Å². The van der Waals surface area contributed by atoms with Gasteiger partial charge in [-0.1, -0.05) is 20.8 Å². The normalized spacial score (nSPS) is 12.9. The van der Waals surface area contributed by atoms with Crippen LogP contribution in [0.1, 0.15) is 32.0 Å². The molecular formula is C25H27N3O2S. The number of aromatic nitrogens is 3. The lowest BCUT2D eigenvalue weighted by Crippen LogP contribution is -2.13. The monoisotopic (exact) mass is 433 g/mol. The summed E-state index contributed by atoms with van der Waals surface area (Å²) >= 11 is -1.02. The number of rotatable bonds is 4. The van der Waals surface area contributed by atoms with Crippen molar-refractivity contribution in [2.24, 2.45) is 0 Å². The summed E-state index contributed by atoms with van der Waals surface area (Å²) in [6, 6.07) is 16.0. The van der Waals surface area contributed by atoms with Crippen LogP contribution in [0, 0.1) is 6.92 Å². The second kappa shape index (κ2) is 8.02. The number of hydrogen-bond donors (Lipinski definition) is 0. The van der Waals surface area contributed by atoms with Gasteiger partial charge in [0.05, 0.1) is 18.5 Å². The maximum absolute atomic E-state index is 11.8. The summed E-state index contributed by atoms with van der Waals surface area (Å²) in [5.74, 6) is 1.52. The fraction of sp³-hybridized carbons (Fsp3) is 0.280. The molecule has 1 atom stereocenters. The van der Waals surface area contributed by atoms with E-state index in [0.717, 1.165) is 44.4 Å². The molecule has 6 heteroatoms. The van der Waals surface area contributed by atoms with Crippen molar-refractivity contribution in [3.8, 4) is 28.3 Å². The molecule has 0 aliphatic rings. The molecule has 1 unspecified atom stereocenters. The number of aryl methyl sites for hydroxylation is 1. The Kier molecular flexibility index (Phi) is 5.54. The van der Waals surface area contributed by atoms with Gasteiger partial charge in [-0.15, -0.1) is 0 Å². The summed E-state index contributed by atoms with van der Waals surface area (Å²) in [5.41, 5.74) is 5.77. The van der Waals surface area contributed by atoms with Crippen LogP contribution in [0.3, 0.4) is 0 Å². The van der Waals surface area contributed by atoms with E-state index in [1.165, 1.54) is 0 Å². The summed E-state index contributed by atoms with van der Waals surface area (Å²) in [6.45, 7) is 8.49. The summed E-state index contributed by atoms with van der Waals surface area (Å²) < 4.78 is 19.5. The van der Waals surface area contributed by atoms with Crippen molar-refractivity contribution in [3.63, 3.8) is 0 Å². The molecule has 5 nitrogen and oxygen atoms in total. The number of nitrogens with zero attached hydrogens (tertiary/aromatic N) is 3. The van der Waals surface area contributed by atoms with Crippen LogP contribution in [0.15, 0.2) is 59.6 Å². The largest absolute Gasteiger partial charge is 0.612 e. The van der Waals surface area contributed by atoms with Gasteiger partial charge in [-0.3, -0.25) is 4.40 Å². The van der Waals surface area contributed by atoms with Crippen LogP contribution in [-0.2, 0) is 16.6 Å². The fourth-order valence-corrected chi connectivity index (χ4v) is 4.26. The molecule has 0 saturated heterocycles. The van der Waals surface area contributed by atoms with Gasteiger partial charge < -0.3 is 9.29 Å². The van der Waals surface area contributed by atoms with E-state index in [-0.39, 0.29) is 5.41 Å². The molecule has 31 heavy (non-hydrogen) atoms. The van der Waals surface area contributed by atoms with Gasteiger partial charge in [0.1, 0.15) is 12.0 Å². The Balaban J connectivity index is 1.97. The van der Waals surface area contributed by atoms with Crippen LogP contribution in [0.5, 0.6) is 5.75 Å². The Morgan fingerprint density at radius 3 is 2.26 bits per heavy atom. The first-order valence-corrected chi connectivity index (χ1v) is 11.7. The van der Waals surface area contributed by atoms with E-state index in [2.05, 4.69) is 31.8 Å². The SMILES string of the molecule is COc1ccc(-c2nc3nc(C)ccn3c2-c2ccc([S+](C)[O-])cc2)cc1C(C)(C)C. The summed E-state index contributed by atoms with van der Waals surface area (Å²) in [7, 11) is 1.70. The first-order chi connectivity index (χ1) is 14.7. The number of methoxy groups -OCH3 is 1. The summed E-state index contributed by atoms with van der Waals surface area (Å²) in [6.07, 6.45) is 3.69. The Morgan fingerprint density at radius 2 is 1.65 bits per heavy atom. The highest BCUT2D eigenvalue weighted by Crippen LogP contribution is 2.38. The van der Waals surface area contributed by atoms with Crippen LogP contribution < -0.4 is 4.74 Å². The van der Waals surface area contributed by atoms with Gasteiger partial charge in [0.2, 0.25) is 5.78 Å². The third-order valence-corrected chi connectivity index (χ3v) is 6.31. The summed E-state index contributed by atoms with van der Waals surface area (Å²) in [4.78, 5) is 10.3. The van der Waals surface area contributed by atoms with E-state index in [0.29, 0.717) is 5.78 Å². The van der Waals surface area contributed by atoms with Crippen molar-refractivity contribution in [3.05, 3.63) is 66.0 Å². The minimum atomic E-state index is -1.02. The van der Waals surface area contributed by atoms with Crippen LogP contribution in [0.4, 0.5) is 0 Å². The molecule has 0 fully saturated rings. The first-order valence-electron chi connectivity index (χ1n) is 10.2. The Hall–Kier alpha value is -2.83. The molecule has 0 aliphatic carbocycles. The average molecular weight is 434 g/mol. The van der Waals surface area contributed by atoms with E-state index >= 15 is 0 Å². The maximum atomic E-state index is 11.8. The Bertz CT molecular complexity index is 1240. The van der Waals surface area contributed by atoms with E-state index in [9.17, 15) is 4.55 Å². The van der Waals surface area contributed by atoms with Gasteiger partial charge in [0.25, 0.3) is 0 Å². The standard InChI is InChI=1S/C25H27N3O2S/c1-16-13-14-28-23(17-7-10-19(11-8-17)31(6)29)22(27-24(28)26-16)18-9-12-21(30-5)20(15-18)25(2,3)4/h7-15H,1-6H3. The molecule has 0 bridgehead atoms. The highest BCUT2D eigenvalue weighted by molar-refractivity contribution is 7.90. The predicted molar refractivity (Wildman–Crippen MR) is 126 cm³/mol. The smallest absolute Gasteiger partial charge is 0.235 e. The van der Waals surface area contributed by atoms with Crippen molar-refractivity contribution in [1.82, 2.24) is 14.4 Å². The molecule has 160 valence electrons. The van der Waals surface area contributed by atoms with Gasteiger partial charge in [0, 0.05) is 28.6 Å². The number of hydrogen-bond acceptors (Lipinski definition) is 4. The second-order valence-corrected chi connectivity index (χ2v) is 10.1. The zero-order valence-corrected chi connectivity index (χ0v) is 19.6. The molecule has 0 saturated carbocycles. The number of imidazole rings is 1. The van der Waals surface area contributed by atoms with E-state index in [1.54, 1.807) is 13.4 Å². The highest BCUT2D eigenvalue weighted by atomic mass is 32.2. The van der Waals surface area contributed by atoms with Crippen LogP contribution in [0.2, 0.25) is 0 Å². The molecular weight excluding hydrogens is 406 g/mol. The molecule has 0 spiro atoms. The Morgan fingerprint density at radius 1 is 0.968 bits per heavy atom. The van der Waals surface area contributed by atoms with Crippen LogP contribution in [-0.4, -0.2) is 32.3 Å². The van der Waals surface area contributed by atoms with Gasteiger partial charge in [-0.25, -0.2) is 9.97 Å². The minimum Gasteiger partial charge on any atom is -0.612 e. The van der Waals surface area contributed by atoms with Crippen LogP contribution in [0.25, 0.3) is 28.3 Å². The lowest BCUT2D eigenvalue weighted by molar-refractivity contribution is 0.397. The molecule has 2 aromatic carbocycles. The predicted octanol–water partition coefficient (Wildman–Crippen LogP) is 5.42. The minimum absolute atomic E-state index is 0.0810. The lowest BCUT2D eigenvalue weighted by atomic mass is 9.85. The van der Waals surface area contributed by atoms with Gasteiger partial charge >= 0.3 is 0 Å². The van der Waals surface area contributed by atoms with E-state index < -0.39 is 11.2 Å². The molecule has 0 aliphatic heterocycles. The van der Waals surface area contributed by atoms with Crippen molar-refractivity contribution >= 4 is 17.0 Å². The Labute approximate surface area is 186 Å². The lowest BCUT2D eigenvalue weighted by Gasteiger charge is -2.23. The number of ether oxygens (including phenoxy) is 1. The zero-order chi connectivity index (χ0) is 22.3. The molecule has 0 N–H and O–H groups in total. The first kappa shape index (κ1) is 21.4. The molecule has 4 rings (SSSR count). The maximum Gasteiger partial charge on any atom is 0.235 e. The fourth-order valence-electron chi connectivity index (χ4n) is 3.74. The molecule has 2 heterocycles. The molecule has 0 radical (unpaired) electrons. The molecule has 0 amide bonds. The quantitative estimate of drug-likeness (QED) is 0.404. The topological polar surface area (TPSA) is 62.5 Å². The number of benzene rings is 2. The van der Waals surface area contributed by atoms with Crippen molar-refractivity contribution in [1.29, 1.82) is 0 Å². The van der Waals surface area contributed by atoms with Gasteiger partial charge in [-0.2, -0.15) is 0 Å². The van der Waals surface area contributed by atoms with E-state index in [1.807, 2.05) is 60.0 Å². The third kappa shape index (κ3) is 4.05. The molecule has 2 aromatic heterocycles. The molecule has 4 aromatic rings. The highest BCUT2D eigenvalue weighted by Gasteiger charge is 2.23. The van der Waals surface area contributed by atoms with Crippen molar-refractivity contribution < 1.29 is 9.29 Å². The van der Waals surface area contributed by atoms with Crippen molar-refractivity contribution in [2.45, 2.75) is 38.0 Å². The van der Waals surface area contributed by atoms with Crippen molar-refractivity contribution in [2.75, 3.05) is 13.4 Å². The van der Waals surface area contributed by atoms with E-state index in [4.69, 9.17) is 9.72 Å². The zero-order valence-electron chi connectivity index (χ0n) is 18.8. The number of fused-ring (bicyclic) bond motifs is 1. The van der Waals surface area contributed by atoms with Gasteiger partial charge in [-0.05, 0) is 72.0 Å². The third-order valence-electron chi connectivity index (χ3n) is 5.37.